The second kappa shape index (κ2) is 10.0. The number of fused-ring (bicyclic) bond motifs is 1. The summed E-state index contributed by atoms with van der Waals surface area (Å²) in [5.41, 5.74) is 0.281. The number of aliphatic hydroxyl groups is 1. The molecule has 0 atom stereocenters. The van der Waals surface area contributed by atoms with Gasteiger partial charge in [0.25, 0.3) is 5.91 Å². The van der Waals surface area contributed by atoms with E-state index < -0.39 is 18.1 Å². The maximum atomic E-state index is 13.3. The predicted octanol–water partition coefficient (Wildman–Crippen LogP) is 2.31. The minimum Gasteiger partial charge on any atom is -0.454 e. The van der Waals surface area contributed by atoms with Gasteiger partial charge in [-0.1, -0.05) is 0 Å². The molecule has 0 spiro atoms. The average Bonchev–Trinajstić information content (AvgIpc) is 3.62. The van der Waals surface area contributed by atoms with E-state index in [-0.39, 0.29) is 40.6 Å². The van der Waals surface area contributed by atoms with Crippen LogP contribution < -0.4 is 20.1 Å². The number of anilines is 1. The third-order valence-corrected chi connectivity index (χ3v) is 6.23. The molecule has 1 aromatic carbocycles. The van der Waals surface area contributed by atoms with Crippen LogP contribution in [0.2, 0.25) is 0 Å². The lowest BCUT2D eigenvalue weighted by Gasteiger charge is -2.37. The standard InChI is InChI=1S/C25H23F2N9O4/c1-34-11-19(32-23(37)18-9-31-36-6-2-5-29-22(18)36)21(33-34)17-7-15(3-4-20(17)40-24(26)27)39-16-8-30-35(10-16)14-25(38)12-28-13-25/h2-11,24,28,38H,12-14H2,1H3,(H,32,37). The van der Waals surface area contributed by atoms with Gasteiger partial charge in [-0.05, 0) is 24.3 Å². The van der Waals surface area contributed by atoms with Crippen molar-refractivity contribution >= 4 is 17.2 Å². The first-order valence-corrected chi connectivity index (χ1v) is 12.1. The maximum Gasteiger partial charge on any atom is 0.387 e. The highest BCUT2D eigenvalue weighted by Crippen LogP contribution is 2.38. The Balaban J connectivity index is 1.30. The van der Waals surface area contributed by atoms with Crippen molar-refractivity contribution in [3.63, 3.8) is 0 Å². The lowest BCUT2D eigenvalue weighted by atomic mass is 9.98. The van der Waals surface area contributed by atoms with Gasteiger partial charge < -0.3 is 25.2 Å². The Morgan fingerprint density at radius 1 is 1.23 bits per heavy atom. The molecule has 0 unspecified atom stereocenters. The number of carbonyl (C=O) groups excluding carboxylic acids is 1. The van der Waals surface area contributed by atoms with Gasteiger partial charge in [-0.3, -0.25) is 14.2 Å². The number of aryl methyl sites for hydroxylation is 1. The van der Waals surface area contributed by atoms with Crippen LogP contribution in [0.3, 0.4) is 0 Å². The first-order chi connectivity index (χ1) is 19.3. The molecule has 13 nitrogen and oxygen atoms in total. The summed E-state index contributed by atoms with van der Waals surface area (Å²) in [7, 11) is 1.63. The molecule has 1 fully saturated rings. The number of rotatable bonds is 9. The van der Waals surface area contributed by atoms with E-state index in [2.05, 4.69) is 30.9 Å². The fourth-order valence-electron chi connectivity index (χ4n) is 4.36. The molecule has 0 aliphatic carbocycles. The van der Waals surface area contributed by atoms with Crippen molar-refractivity contribution in [3.05, 3.63) is 67.0 Å². The number of hydrogen-bond acceptors (Lipinski definition) is 9. The van der Waals surface area contributed by atoms with E-state index in [0.29, 0.717) is 24.5 Å². The van der Waals surface area contributed by atoms with Crippen LogP contribution in [0.15, 0.2) is 61.4 Å². The highest BCUT2D eigenvalue weighted by Gasteiger charge is 2.35. The zero-order valence-electron chi connectivity index (χ0n) is 21.0. The molecule has 0 bridgehead atoms. The number of carbonyl (C=O) groups is 1. The van der Waals surface area contributed by atoms with Gasteiger partial charge >= 0.3 is 6.61 Å². The first-order valence-electron chi connectivity index (χ1n) is 12.1. The SMILES string of the molecule is Cn1cc(NC(=O)c2cnn3cccnc23)c(-c2cc(Oc3cnn(CC4(O)CNC4)c3)ccc2OC(F)F)n1. The summed E-state index contributed by atoms with van der Waals surface area (Å²) in [6.07, 6.45) is 9.22. The van der Waals surface area contributed by atoms with Crippen LogP contribution in [0.5, 0.6) is 17.2 Å². The number of nitrogens with one attached hydrogen (secondary N) is 2. The lowest BCUT2D eigenvalue weighted by Crippen LogP contribution is -2.61. The molecule has 1 saturated heterocycles. The molecule has 1 amide bonds. The van der Waals surface area contributed by atoms with Crippen molar-refractivity contribution < 1.29 is 28.2 Å². The van der Waals surface area contributed by atoms with Crippen LogP contribution in [-0.2, 0) is 13.6 Å². The summed E-state index contributed by atoms with van der Waals surface area (Å²) < 4.78 is 41.7. The van der Waals surface area contributed by atoms with Crippen molar-refractivity contribution in [2.24, 2.45) is 7.05 Å². The van der Waals surface area contributed by atoms with Gasteiger partial charge in [0.2, 0.25) is 0 Å². The summed E-state index contributed by atoms with van der Waals surface area (Å²) in [5, 5.41) is 28.9. The van der Waals surface area contributed by atoms with Crippen LogP contribution in [-0.4, -0.2) is 70.5 Å². The van der Waals surface area contributed by atoms with Crippen LogP contribution in [0.4, 0.5) is 14.5 Å². The average molecular weight is 552 g/mol. The van der Waals surface area contributed by atoms with Crippen molar-refractivity contribution in [1.82, 2.24) is 39.5 Å². The van der Waals surface area contributed by atoms with Gasteiger partial charge in [-0.15, -0.1) is 0 Å². The van der Waals surface area contributed by atoms with E-state index in [1.54, 1.807) is 36.4 Å². The number of halogens is 2. The third-order valence-electron chi connectivity index (χ3n) is 6.23. The number of alkyl halides is 2. The van der Waals surface area contributed by atoms with E-state index in [9.17, 15) is 18.7 Å². The summed E-state index contributed by atoms with van der Waals surface area (Å²) in [6, 6.07) is 5.96. The molecule has 0 saturated carbocycles. The summed E-state index contributed by atoms with van der Waals surface area (Å²) >= 11 is 0. The number of nitrogens with zero attached hydrogens (tertiary/aromatic N) is 7. The Labute approximate surface area is 225 Å². The van der Waals surface area contributed by atoms with E-state index in [0.717, 1.165) is 0 Å². The van der Waals surface area contributed by atoms with Crippen molar-refractivity contribution in [3.8, 4) is 28.5 Å². The molecular formula is C25H23F2N9O4. The highest BCUT2D eigenvalue weighted by molar-refractivity contribution is 6.09. The van der Waals surface area contributed by atoms with Gasteiger partial charge in [0.15, 0.2) is 11.4 Å². The van der Waals surface area contributed by atoms with Crippen LogP contribution in [0.25, 0.3) is 16.9 Å². The van der Waals surface area contributed by atoms with Crippen LogP contribution >= 0.6 is 0 Å². The summed E-state index contributed by atoms with van der Waals surface area (Å²) in [6.45, 7) is -1.87. The molecule has 5 heterocycles. The maximum absolute atomic E-state index is 13.3. The van der Waals surface area contributed by atoms with Gasteiger partial charge in [0, 0.05) is 38.7 Å². The van der Waals surface area contributed by atoms with Gasteiger partial charge in [0.05, 0.1) is 36.4 Å². The second-order valence-electron chi connectivity index (χ2n) is 9.31. The zero-order valence-corrected chi connectivity index (χ0v) is 21.0. The van der Waals surface area contributed by atoms with E-state index in [1.165, 1.54) is 46.0 Å². The van der Waals surface area contributed by atoms with E-state index >= 15 is 0 Å². The molecule has 1 aliphatic rings. The quantitative estimate of drug-likeness (QED) is 0.251. The van der Waals surface area contributed by atoms with Gasteiger partial charge in [0.1, 0.15) is 28.4 Å². The van der Waals surface area contributed by atoms with Crippen molar-refractivity contribution in [2.75, 3.05) is 18.4 Å². The third kappa shape index (κ3) is 5.06. The molecular weight excluding hydrogens is 528 g/mol. The normalized spacial score (nSPS) is 14.3. The fourth-order valence-corrected chi connectivity index (χ4v) is 4.36. The Morgan fingerprint density at radius 3 is 2.85 bits per heavy atom. The Kier molecular flexibility index (Phi) is 6.36. The fraction of sp³-hybridized carbons (Fsp3) is 0.240. The molecule has 3 N–H and O–H groups in total. The predicted molar refractivity (Wildman–Crippen MR) is 136 cm³/mol. The highest BCUT2D eigenvalue weighted by atomic mass is 19.3. The number of ether oxygens (including phenoxy) is 2. The molecule has 1 aliphatic heterocycles. The van der Waals surface area contributed by atoms with Crippen molar-refractivity contribution in [1.29, 1.82) is 0 Å². The first kappa shape index (κ1) is 25.4. The molecule has 4 aromatic heterocycles. The second-order valence-corrected chi connectivity index (χ2v) is 9.31. The van der Waals surface area contributed by atoms with Crippen molar-refractivity contribution in [2.45, 2.75) is 18.8 Å². The number of amides is 1. The molecule has 15 heteroatoms. The monoisotopic (exact) mass is 551 g/mol. The topological polar surface area (TPSA) is 146 Å². The number of β-amino-alcohol motifs (C(OH)–C–C–N with tert-alkyl or cyclic N) is 1. The summed E-state index contributed by atoms with van der Waals surface area (Å²) in [4.78, 5) is 17.3. The smallest absolute Gasteiger partial charge is 0.387 e. The Hall–Kier alpha value is -4.89. The minimum absolute atomic E-state index is 0.161. The molecule has 0 radical (unpaired) electrons. The Bertz CT molecular complexity index is 1690. The van der Waals surface area contributed by atoms with Gasteiger partial charge in [-0.2, -0.15) is 24.1 Å². The van der Waals surface area contributed by atoms with E-state index in [1.807, 2.05) is 0 Å². The molecule has 5 aromatic rings. The number of aromatic nitrogens is 7. The largest absolute Gasteiger partial charge is 0.454 e. The van der Waals surface area contributed by atoms with E-state index in [4.69, 9.17) is 9.47 Å². The molecule has 206 valence electrons. The molecule has 6 rings (SSSR count). The van der Waals surface area contributed by atoms with Crippen LogP contribution in [0, 0.1) is 0 Å². The minimum atomic E-state index is -3.10. The summed E-state index contributed by atoms with van der Waals surface area (Å²) in [5.74, 6) is -0.0125. The lowest BCUT2D eigenvalue weighted by molar-refractivity contribution is -0.0495. The number of hydrogen-bond donors (Lipinski definition) is 3. The Morgan fingerprint density at radius 2 is 2.08 bits per heavy atom. The molecule has 40 heavy (non-hydrogen) atoms. The number of benzene rings is 1. The van der Waals surface area contributed by atoms with Gasteiger partial charge in [-0.25, -0.2) is 9.50 Å². The zero-order chi connectivity index (χ0) is 27.9. The van der Waals surface area contributed by atoms with Crippen LogP contribution in [0.1, 0.15) is 10.4 Å².